The number of Topliss-reactive ketones (excluding diaryl/α,β-unsaturated/α-hetero) is 1. The maximum atomic E-state index is 13.0. The van der Waals surface area contributed by atoms with E-state index in [-0.39, 0.29) is 17.6 Å². The minimum atomic E-state index is 0.0229. The molecule has 1 amide bonds. The van der Waals surface area contributed by atoms with E-state index in [0.717, 1.165) is 22.4 Å². The van der Waals surface area contributed by atoms with Gasteiger partial charge in [-0.1, -0.05) is 56.0 Å². The zero-order chi connectivity index (χ0) is 18.5. The van der Waals surface area contributed by atoms with E-state index in [1.807, 2.05) is 67.3 Å². The molecule has 1 aliphatic rings. The Balaban J connectivity index is 1.85. The number of hydrogen-bond acceptors (Lipinski definition) is 2. The van der Waals surface area contributed by atoms with Crippen molar-refractivity contribution in [2.75, 3.05) is 4.90 Å². The molecule has 0 unspecified atom stereocenters. The molecular weight excluding hydrogens is 322 g/mol. The highest BCUT2D eigenvalue weighted by molar-refractivity contribution is 5.95. The number of carbonyl (C=O) groups excluding carboxylic acids is 2. The average molecular weight is 345 g/mol. The van der Waals surface area contributed by atoms with Gasteiger partial charge in [0.2, 0.25) is 5.91 Å². The Bertz CT molecular complexity index is 886. The third-order valence-corrected chi connectivity index (χ3v) is 4.63. The molecule has 1 heterocycles. The molecule has 0 aliphatic carbocycles. The number of para-hydroxylation sites is 1. The van der Waals surface area contributed by atoms with Crippen molar-refractivity contribution < 1.29 is 9.59 Å². The largest absolute Gasteiger partial charge is 0.307 e. The summed E-state index contributed by atoms with van der Waals surface area (Å²) in [7, 11) is 0. The molecule has 3 rings (SSSR count). The summed E-state index contributed by atoms with van der Waals surface area (Å²) in [6.45, 7) is 4.29. The number of ketones is 1. The van der Waals surface area contributed by atoms with Gasteiger partial charge in [-0.3, -0.25) is 9.59 Å². The summed E-state index contributed by atoms with van der Waals surface area (Å²) in [6, 6.07) is 15.7. The first kappa shape index (κ1) is 17.9. The summed E-state index contributed by atoms with van der Waals surface area (Å²) in [5.41, 5.74) is 3.69. The Morgan fingerprint density at radius 1 is 0.962 bits per heavy atom. The Hall–Kier alpha value is -2.86. The van der Waals surface area contributed by atoms with Crippen LogP contribution in [0.5, 0.6) is 0 Å². The summed E-state index contributed by atoms with van der Waals surface area (Å²) in [5.74, 6) is 6.68. The van der Waals surface area contributed by atoms with Crippen LogP contribution in [0.2, 0.25) is 0 Å². The first-order chi connectivity index (χ1) is 12.6. The quantitative estimate of drug-likeness (QED) is 0.757. The second kappa shape index (κ2) is 8.01. The number of hydrogen-bond donors (Lipinski definition) is 0. The fraction of sp³-hybridized carbons (Fsp3) is 0.304. The smallest absolute Gasteiger partial charge is 0.227 e. The molecule has 0 N–H and O–H groups in total. The zero-order valence-electron chi connectivity index (χ0n) is 15.3. The lowest BCUT2D eigenvalue weighted by Gasteiger charge is -2.26. The molecule has 0 aromatic heterocycles. The number of amides is 1. The Kier molecular flexibility index (Phi) is 5.53. The second-order valence-electron chi connectivity index (χ2n) is 6.88. The second-order valence-corrected chi connectivity index (χ2v) is 6.88. The van der Waals surface area contributed by atoms with Gasteiger partial charge in [0.15, 0.2) is 0 Å². The first-order valence-corrected chi connectivity index (χ1v) is 9.08. The Labute approximate surface area is 155 Å². The van der Waals surface area contributed by atoms with Gasteiger partial charge in [-0.2, -0.15) is 0 Å². The Morgan fingerprint density at radius 3 is 2.38 bits per heavy atom. The highest BCUT2D eigenvalue weighted by Crippen LogP contribution is 2.26. The molecule has 3 nitrogen and oxygen atoms in total. The van der Waals surface area contributed by atoms with E-state index in [0.29, 0.717) is 25.8 Å². The van der Waals surface area contributed by atoms with Gasteiger partial charge in [0.05, 0.1) is 12.2 Å². The summed E-state index contributed by atoms with van der Waals surface area (Å²) in [4.78, 5) is 26.6. The summed E-state index contributed by atoms with van der Waals surface area (Å²) in [5, 5.41) is 0. The number of nitrogens with zero attached hydrogens (tertiary/aromatic N) is 1. The van der Waals surface area contributed by atoms with Crippen molar-refractivity contribution in [3.05, 3.63) is 65.2 Å². The fourth-order valence-corrected chi connectivity index (χ4v) is 3.05. The van der Waals surface area contributed by atoms with E-state index < -0.39 is 0 Å². The third-order valence-electron chi connectivity index (χ3n) is 4.63. The van der Waals surface area contributed by atoms with Crippen molar-refractivity contribution in [2.45, 2.75) is 39.7 Å². The topological polar surface area (TPSA) is 37.4 Å². The lowest BCUT2D eigenvalue weighted by atomic mass is 10.0. The number of rotatable bonds is 5. The van der Waals surface area contributed by atoms with Gasteiger partial charge in [0, 0.05) is 29.9 Å². The van der Waals surface area contributed by atoms with Crippen LogP contribution in [0.1, 0.15) is 49.8 Å². The van der Waals surface area contributed by atoms with Crippen LogP contribution < -0.4 is 4.90 Å². The summed E-state index contributed by atoms with van der Waals surface area (Å²) >= 11 is 0. The summed E-state index contributed by atoms with van der Waals surface area (Å²) < 4.78 is 0. The van der Waals surface area contributed by atoms with Gasteiger partial charge in [-0.25, -0.2) is 0 Å². The molecule has 3 heteroatoms. The predicted octanol–water partition coefficient (Wildman–Crippen LogP) is 4.33. The van der Waals surface area contributed by atoms with Crippen molar-refractivity contribution >= 4 is 17.4 Å². The molecule has 0 fully saturated rings. The minimum Gasteiger partial charge on any atom is -0.307 e. The molecule has 0 saturated heterocycles. The molecule has 2 aromatic carbocycles. The average Bonchev–Trinajstić information content (AvgIpc) is 2.63. The van der Waals surface area contributed by atoms with Gasteiger partial charge in [-0.15, -0.1) is 0 Å². The van der Waals surface area contributed by atoms with Crippen molar-refractivity contribution in [3.63, 3.8) is 0 Å². The normalized spacial score (nSPS) is 12.3. The minimum absolute atomic E-state index is 0.0229. The van der Waals surface area contributed by atoms with E-state index in [9.17, 15) is 9.59 Å². The van der Waals surface area contributed by atoms with Crippen molar-refractivity contribution in [1.82, 2.24) is 0 Å². The molecule has 1 aliphatic heterocycles. The van der Waals surface area contributed by atoms with Crippen LogP contribution in [0.15, 0.2) is 48.5 Å². The van der Waals surface area contributed by atoms with Crippen LogP contribution in [0.4, 0.5) is 5.69 Å². The predicted molar refractivity (Wildman–Crippen MR) is 104 cm³/mol. The van der Waals surface area contributed by atoms with Crippen LogP contribution in [-0.4, -0.2) is 11.7 Å². The first-order valence-electron chi connectivity index (χ1n) is 9.08. The highest BCUT2D eigenvalue weighted by Gasteiger charge is 2.21. The molecule has 2 aromatic rings. The molecule has 0 atom stereocenters. The van der Waals surface area contributed by atoms with E-state index in [1.165, 1.54) is 0 Å². The molecule has 26 heavy (non-hydrogen) atoms. The number of anilines is 1. The number of carbonyl (C=O) groups is 2. The zero-order valence-corrected chi connectivity index (χ0v) is 15.3. The Morgan fingerprint density at radius 2 is 1.62 bits per heavy atom. The van der Waals surface area contributed by atoms with Crippen LogP contribution >= 0.6 is 0 Å². The van der Waals surface area contributed by atoms with E-state index in [4.69, 9.17) is 0 Å². The van der Waals surface area contributed by atoms with Gasteiger partial charge in [-0.05, 0) is 30.2 Å². The van der Waals surface area contributed by atoms with Crippen LogP contribution in [0.3, 0.4) is 0 Å². The summed E-state index contributed by atoms with van der Waals surface area (Å²) in [6.07, 6.45) is 1.40. The van der Waals surface area contributed by atoms with Crippen LogP contribution in [0, 0.1) is 17.8 Å². The standard InChI is InChI=1S/C23H23NO2/c1-17(2)22(25)12-7-13-23(26)24-16-20-10-4-3-8-18(20)14-15-19-9-5-6-11-21(19)24/h3-6,8-11,17H,7,12-13,16H2,1-2H3. The van der Waals surface area contributed by atoms with Crippen LogP contribution in [0.25, 0.3) is 0 Å². The molecule has 0 spiro atoms. The van der Waals surface area contributed by atoms with Crippen molar-refractivity contribution in [2.24, 2.45) is 5.92 Å². The molecule has 0 saturated carbocycles. The lowest BCUT2D eigenvalue weighted by Crippen LogP contribution is -2.31. The molecule has 0 bridgehead atoms. The fourth-order valence-electron chi connectivity index (χ4n) is 3.05. The maximum Gasteiger partial charge on any atom is 0.227 e. The molecular formula is C23H23NO2. The van der Waals surface area contributed by atoms with E-state index in [2.05, 4.69) is 11.8 Å². The van der Waals surface area contributed by atoms with Gasteiger partial charge >= 0.3 is 0 Å². The van der Waals surface area contributed by atoms with Gasteiger partial charge < -0.3 is 4.90 Å². The monoisotopic (exact) mass is 345 g/mol. The third kappa shape index (κ3) is 4.03. The van der Waals surface area contributed by atoms with Gasteiger partial charge in [0.25, 0.3) is 0 Å². The van der Waals surface area contributed by atoms with Crippen molar-refractivity contribution in [3.8, 4) is 11.8 Å². The lowest BCUT2D eigenvalue weighted by molar-refractivity contribution is -0.122. The maximum absolute atomic E-state index is 13.0. The van der Waals surface area contributed by atoms with Gasteiger partial charge in [0.1, 0.15) is 5.78 Å². The molecule has 0 radical (unpaired) electrons. The van der Waals surface area contributed by atoms with Crippen LogP contribution in [-0.2, 0) is 16.1 Å². The van der Waals surface area contributed by atoms with E-state index in [1.54, 1.807) is 0 Å². The van der Waals surface area contributed by atoms with Crippen molar-refractivity contribution in [1.29, 1.82) is 0 Å². The highest BCUT2D eigenvalue weighted by atomic mass is 16.2. The number of benzene rings is 2. The number of fused-ring (bicyclic) bond motifs is 2. The SMILES string of the molecule is CC(C)C(=O)CCCC(=O)N1Cc2ccccc2C#Cc2ccccc21. The van der Waals surface area contributed by atoms with E-state index >= 15 is 0 Å². The molecule has 132 valence electrons.